The van der Waals surface area contributed by atoms with Crippen molar-refractivity contribution in [1.29, 1.82) is 0 Å². The molecule has 23 heavy (non-hydrogen) atoms. The SMILES string of the molecule is O=C(O)[C@H]1CCCCN1C(=O)CCCOCCc1ccccc1. The van der Waals surface area contributed by atoms with E-state index in [1.807, 2.05) is 18.2 Å². The van der Waals surface area contributed by atoms with Crippen LogP contribution in [-0.2, 0) is 20.7 Å². The molecule has 0 saturated carbocycles. The first-order valence-electron chi connectivity index (χ1n) is 8.32. The third kappa shape index (κ3) is 5.67. The van der Waals surface area contributed by atoms with E-state index in [0.717, 1.165) is 19.3 Å². The second-order valence-electron chi connectivity index (χ2n) is 5.89. The van der Waals surface area contributed by atoms with Gasteiger partial charge >= 0.3 is 5.97 Å². The fraction of sp³-hybridized carbons (Fsp3) is 0.556. The summed E-state index contributed by atoms with van der Waals surface area (Å²) in [6.45, 7) is 1.73. The normalized spacial score (nSPS) is 17.9. The van der Waals surface area contributed by atoms with Crippen molar-refractivity contribution in [3.8, 4) is 0 Å². The molecule has 1 aliphatic heterocycles. The van der Waals surface area contributed by atoms with E-state index in [-0.39, 0.29) is 5.91 Å². The summed E-state index contributed by atoms with van der Waals surface area (Å²) in [6.07, 6.45) is 4.19. The van der Waals surface area contributed by atoms with E-state index >= 15 is 0 Å². The van der Waals surface area contributed by atoms with Gasteiger partial charge in [-0.25, -0.2) is 4.79 Å². The number of carboxylic acids is 1. The van der Waals surface area contributed by atoms with Crippen molar-refractivity contribution in [3.63, 3.8) is 0 Å². The Bertz CT molecular complexity index is 503. The van der Waals surface area contributed by atoms with Gasteiger partial charge in [0.05, 0.1) is 6.61 Å². The third-order valence-corrected chi connectivity index (χ3v) is 4.17. The van der Waals surface area contributed by atoms with Crippen LogP contribution in [0.3, 0.4) is 0 Å². The minimum absolute atomic E-state index is 0.0660. The Morgan fingerprint density at radius 2 is 1.96 bits per heavy atom. The number of hydrogen-bond donors (Lipinski definition) is 1. The Morgan fingerprint density at radius 1 is 1.17 bits per heavy atom. The number of piperidine rings is 1. The average molecular weight is 319 g/mol. The number of rotatable bonds is 8. The van der Waals surface area contributed by atoms with Crippen LogP contribution >= 0.6 is 0 Å². The largest absolute Gasteiger partial charge is 0.480 e. The lowest BCUT2D eigenvalue weighted by atomic mass is 10.0. The van der Waals surface area contributed by atoms with Gasteiger partial charge in [0, 0.05) is 19.6 Å². The van der Waals surface area contributed by atoms with Gasteiger partial charge in [0.1, 0.15) is 6.04 Å². The van der Waals surface area contributed by atoms with E-state index in [9.17, 15) is 14.7 Å². The summed E-state index contributed by atoms with van der Waals surface area (Å²) in [7, 11) is 0. The lowest BCUT2D eigenvalue weighted by molar-refractivity contribution is -0.152. The molecule has 0 aliphatic carbocycles. The first kappa shape index (κ1) is 17.5. The van der Waals surface area contributed by atoms with Crippen molar-refractivity contribution < 1.29 is 19.4 Å². The lowest BCUT2D eigenvalue weighted by Crippen LogP contribution is -2.47. The van der Waals surface area contributed by atoms with Gasteiger partial charge in [-0.2, -0.15) is 0 Å². The molecule has 0 radical (unpaired) electrons. The number of carbonyl (C=O) groups excluding carboxylic acids is 1. The standard InChI is InChI=1S/C18H25NO4/c20-17(19-12-5-4-9-16(19)18(21)22)10-6-13-23-14-11-15-7-2-1-3-8-15/h1-3,7-8,16H,4-6,9-14H2,(H,21,22)/t16-/m1/s1. The number of amides is 1. The van der Waals surface area contributed by atoms with E-state index in [4.69, 9.17) is 4.74 Å². The van der Waals surface area contributed by atoms with Gasteiger partial charge < -0.3 is 14.7 Å². The molecule has 1 atom stereocenters. The summed E-state index contributed by atoms with van der Waals surface area (Å²) < 4.78 is 5.56. The summed E-state index contributed by atoms with van der Waals surface area (Å²) >= 11 is 0. The minimum Gasteiger partial charge on any atom is -0.480 e. The van der Waals surface area contributed by atoms with Gasteiger partial charge in [-0.05, 0) is 37.7 Å². The Morgan fingerprint density at radius 3 is 2.70 bits per heavy atom. The van der Waals surface area contributed by atoms with Gasteiger partial charge in [0.25, 0.3) is 0 Å². The van der Waals surface area contributed by atoms with Gasteiger partial charge in [-0.15, -0.1) is 0 Å². The van der Waals surface area contributed by atoms with Crippen molar-refractivity contribution in [1.82, 2.24) is 4.90 Å². The maximum atomic E-state index is 12.2. The fourth-order valence-electron chi connectivity index (χ4n) is 2.89. The molecule has 0 spiro atoms. The summed E-state index contributed by atoms with van der Waals surface area (Å²) in [4.78, 5) is 24.9. The molecule has 1 aliphatic rings. The smallest absolute Gasteiger partial charge is 0.326 e. The molecule has 1 aromatic rings. The van der Waals surface area contributed by atoms with Crippen LogP contribution in [0.15, 0.2) is 30.3 Å². The highest BCUT2D eigenvalue weighted by molar-refractivity contribution is 5.83. The van der Waals surface area contributed by atoms with E-state index in [2.05, 4.69) is 12.1 Å². The van der Waals surface area contributed by atoms with Gasteiger partial charge in [0.2, 0.25) is 5.91 Å². The van der Waals surface area contributed by atoms with Crippen LogP contribution in [-0.4, -0.2) is 47.7 Å². The minimum atomic E-state index is -0.892. The molecule has 2 rings (SSSR count). The molecule has 0 bridgehead atoms. The summed E-state index contributed by atoms with van der Waals surface area (Å²) in [5.74, 6) is -0.957. The summed E-state index contributed by atoms with van der Waals surface area (Å²) in [5, 5.41) is 9.19. The summed E-state index contributed by atoms with van der Waals surface area (Å²) in [5.41, 5.74) is 1.24. The molecule has 5 nitrogen and oxygen atoms in total. The maximum absolute atomic E-state index is 12.2. The second kappa shape index (κ2) is 9.30. The highest BCUT2D eigenvalue weighted by Gasteiger charge is 2.31. The quantitative estimate of drug-likeness (QED) is 0.748. The first-order valence-corrected chi connectivity index (χ1v) is 8.32. The number of carboxylic acid groups (broad SMARTS) is 1. The number of benzene rings is 1. The van der Waals surface area contributed by atoms with Gasteiger partial charge in [-0.1, -0.05) is 30.3 Å². The van der Waals surface area contributed by atoms with Crippen molar-refractivity contribution in [3.05, 3.63) is 35.9 Å². The van der Waals surface area contributed by atoms with E-state index < -0.39 is 12.0 Å². The highest BCUT2D eigenvalue weighted by Crippen LogP contribution is 2.18. The van der Waals surface area contributed by atoms with Crippen LogP contribution in [0.5, 0.6) is 0 Å². The van der Waals surface area contributed by atoms with Crippen LogP contribution in [0, 0.1) is 0 Å². The molecule has 0 aromatic heterocycles. The molecule has 5 heteroatoms. The van der Waals surface area contributed by atoms with E-state index in [1.54, 1.807) is 0 Å². The number of likely N-dealkylation sites (tertiary alicyclic amines) is 1. The zero-order valence-electron chi connectivity index (χ0n) is 13.4. The monoisotopic (exact) mass is 319 g/mol. The molecule has 1 heterocycles. The second-order valence-corrected chi connectivity index (χ2v) is 5.89. The molecule has 126 valence electrons. The number of carbonyl (C=O) groups is 2. The van der Waals surface area contributed by atoms with Crippen molar-refractivity contribution >= 4 is 11.9 Å². The number of nitrogens with zero attached hydrogens (tertiary/aromatic N) is 1. The number of ether oxygens (including phenoxy) is 1. The fourth-order valence-corrected chi connectivity index (χ4v) is 2.89. The van der Waals surface area contributed by atoms with Crippen molar-refractivity contribution in [2.75, 3.05) is 19.8 Å². The highest BCUT2D eigenvalue weighted by atomic mass is 16.5. The van der Waals surface area contributed by atoms with E-state index in [1.165, 1.54) is 10.5 Å². The molecular weight excluding hydrogens is 294 g/mol. The van der Waals surface area contributed by atoms with Crippen LogP contribution in [0.4, 0.5) is 0 Å². The molecule has 1 N–H and O–H groups in total. The van der Waals surface area contributed by atoms with E-state index in [0.29, 0.717) is 39.0 Å². The van der Waals surface area contributed by atoms with Crippen LogP contribution in [0.25, 0.3) is 0 Å². The lowest BCUT2D eigenvalue weighted by Gasteiger charge is -2.33. The molecule has 0 unspecified atom stereocenters. The Balaban J connectivity index is 1.61. The topological polar surface area (TPSA) is 66.8 Å². The molecular formula is C18H25NO4. The van der Waals surface area contributed by atoms with Crippen molar-refractivity contribution in [2.45, 2.75) is 44.6 Å². The number of hydrogen-bond acceptors (Lipinski definition) is 3. The summed E-state index contributed by atoms with van der Waals surface area (Å²) in [6, 6.07) is 9.48. The number of aliphatic carboxylic acids is 1. The zero-order chi connectivity index (χ0) is 16.5. The van der Waals surface area contributed by atoms with Gasteiger partial charge in [0.15, 0.2) is 0 Å². The molecule has 1 amide bonds. The Hall–Kier alpha value is -1.88. The average Bonchev–Trinajstić information content (AvgIpc) is 2.58. The van der Waals surface area contributed by atoms with Gasteiger partial charge in [-0.3, -0.25) is 4.79 Å². The van der Waals surface area contributed by atoms with Crippen molar-refractivity contribution in [2.24, 2.45) is 0 Å². The molecule has 1 saturated heterocycles. The predicted octanol–water partition coefficient (Wildman–Crippen LogP) is 2.49. The van der Waals surface area contributed by atoms with Crippen LogP contribution < -0.4 is 0 Å². The van der Waals surface area contributed by atoms with Crippen LogP contribution in [0.2, 0.25) is 0 Å². The predicted molar refractivity (Wildman–Crippen MR) is 87.2 cm³/mol. The third-order valence-electron chi connectivity index (χ3n) is 4.17. The zero-order valence-corrected chi connectivity index (χ0v) is 13.4. The molecule has 1 aromatic carbocycles. The Kier molecular flexibility index (Phi) is 7.07. The Labute approximate surface area is 137 Å². The maximum Gasteiger partial charge on any atom is 0.326 e. The first-order chi connectivity index (χ1) is 11.2. The van der Waals surface area contributed by atoms with Crippen LogP contribution in [0.1, 0.15) is 37.7 Å². The molecule has 1 fully saturated rings.